The molecular weight excluding hydrogens is 270 g/mol. The van der Waals surface area contributed by atoms with E-state index >= 15 is 0 Å². The monoisotopic (exact) mass is 287 g/mol. The second kappa shape index (κ2) is 6.85. The quantitative estimate of drug-likeness (QED) is 0.381. The van der Waals surface area contributed by atoms with Crippen molar-refractivity contribution in [2.75, 3.05) is 19.7 Å². The third kappa shape index (κ3) is 3.67. The lowest BCUT2D eigenvalue weighted by atomic mass is 10.1. The number of carboxylic acid groups (broad SMARTS) is 1. The molecule has 1 fully saturated rings. The number of esters is 1. The molecule has 0 aromatic carbocycles. The van der Waals surface area contributed by atoms with E-state index in [9.17, 15) is 19.2 Å². The normalized spacial score (nSPS) is 20.0. The Kier molecular flexibility index (Phi) is 5.44. The molecule has 1 rings (SSSR count). The van der Waals surface area contributed by atoms with Crippen LogP contribution in [0.15, 0.2) is 0 Å². The highest BCUT2D eigenvalue weighted by Crippen LogP contribution is 2.11. The molecule has 20 heavy (non-hydrogen) atoms. The van der Waals surface area contributed by atoms with E-state index in [0.717, 1.165) is 4.90 Å². The van der Waals surface area contributed by atoms with Crippen LogP contribution in [0.5, 0.6) is 0 Å². The molecule has 1 aliphatic rings. The number of hydrogen-bond donors (Lipinski definition) is 3. The van der Waals surface area contributed by atoms with Crippen LogP contribution in [0.4, 0.5) is 0 Å². The van der Waals surface area contributed by atoms with Gasteiger partial charge in [-0.05, 0) is 6.92 Å². The summed E-state index contributed by atoms with van der Waals surface area (Å²) in [7, 11) is 0. The number of nitrogens with two attached hydrogens (primary N) is 1. The number of hydrogen-bond acceptors (Lipinski definition) is 6. The average molecular weight is 287 g/mol. The number of carboxylic acids is 1. The fourth-order valence-electron chi connectivity index (χ4n) is 1.86. The van der Waals surface area contributed by atoms with E-state index in [1.54, 1.807) is 6.92 Å². The largest absolute Gasteiger partial charge is 0.481 e. The maximum absolute atomic E-state index is 12.1. The van der Waals surface area contributed by atoms with Gasteiger partial charge >= 0.3 is 11.9 Å². The Balaban J connectivity index is 2.84. The SMILES string of the molecule is CCOC(=O)C(N)C(=O)N1CCNC(=O)C1CC(=O)O. The smallest absolute Gasteiger partial charge is 0.332 e. The van der Waals surface area contributed by atoms with Gasteiger partial charge in [0.15, 0.2) is 6.04 Å². The summed E-state index contributed by atoms with van der Waals surface area (Å²) in [6.45, 7) is 1.90. The highest BCUT2D eigenvalue weighted by molar-refractivity contribution is 6.03. The van der Waals surface area contributed by atoms with Crippen molar-refractivity contribution in [1.82, 2.24) is 10.2 Å². The summed E-state index contributed by atoms with van der Waals surface area (Å²) < 4.78 is 4.63. The van der Waals surface area contributed by atoms with E-state index in [1.165, 1.54) is 0 Å². The van der Waals surface area contributed by atoms with Gasteiger partial charge in [0.2, 0.25) is 5.91 Å². The van der Waals surface area contributed by atoms with Crippen LogP contribution in [0.2, 0.25) is 0 Å². The molecule has 0 saturated carbocycles. The van der Waals surface area contributed by atoms with Crippen LogP contribution in [-0.2, 0) is 23.9 Å². The standard InChI is InChI=1S/C11H17N3O6/c1-2-20-11(19)8(12)10(18)14-4-3-13-9(17)6(14)5-7(15)16/h6,8H,2-5,12H2,1H3,(H,13,17)(H,15,16). The van der Waals surface area contributed by atoms with Crippen molar-refractivity contribution in [3.8, 4) is 0 Å². The highest BCUT2D eigenvalue weighted by atomic mass is 16.5. The van der Waals surface area contributed by atoms with Crippen molar-refractivity contribution in [3.63, 3.8) is 0 Å². The number of amides is 2. The minimum Gasteiger partial charge on any atom is -0.481 e. The Hall–Kier alpha value is -2.16. The first kappa shape index (κ1) is 15.9. The Morgan fingerprint density at radius 3 is 2.75 bits per heavy atom. The number of nitrogens with zero attached hydrogens (tertiary/aromatic N) is 1. The summed E-state index contributed by atoms with van der Waals surface area (Å²) in [5.74, 6) is -3.53. The summed E-state index contributed by atoms with van der Waals surface area (Å²) >= 11 is 0. The number of nitrogens with one attached hydrogen (secondary N) is 1. The number of carbonyl (C=O) groups is 4. The highest BCUT2D eigenvalue weighted by Gasteiger charge is 2.38. The molecule has 1 saturated heterocycles. The van der Waals surface area contributed by atoms with Gasteiger partial charge in [-0.1, -0.05) is 0 Å². The molecule has 0 bridgehead atoms. The number of carbonyl (C=O) groups excluding carboxylic acids is 3. The second-order valence-corrected chi connectivity index (χ2v) is 4.17. The van der Waals surface area contributed by atoms with Crippen LogP contribution in [-0.4, -0.2) is 65.5 Å². The minimum absolute atomic E-state index is 0.0683. The molecular formula is C11H17N3O6. The van der Waals surface area contributed by atoms with Gasteiger partial charge in [-0.25, -0.2) is 4.79 Å². The van der Waals surface area contributed by atoms with E-state index in [-0.39, 0.29) is 19.7 Å². The van der Waals surface area contributed by atoms with Crippen LogP contribution in [0, 0.1) is 0 Å². The zero-order chi connectivity index (χ0) is 15.3. The molecule has 2 atom stereocenters. The summed E-state index contributed by atoms with van der Waals surface area (Å²) in [5.41, 5.74) is 5.47. The Morgan fingerprint density at radius 2 is 2.20 bits per heavy atom. The predicted molar refractivity (Wildman–Crippen MR) is 65.4 cm³/mol. The maximum atomic E-state index is 12.1. The Bertz CT molecular complexity index is 424. The first-order valence-corrected chi connectivity index (χ1v) is 6.10. The van der Waals surface area contributed by atoms with E-state index < -0.39 is 42.3 Å². The van der Waals surface area contributed by atoms with Crippen LogP contribution in [0.3, 0.4) is 0 Å². The van der Waals surface area contributed by atoms with Crippen molar-refractivity contribution < 1.29 is 29.0 Å². The summed E-state index contributed by atoms with van der Waals surface area (Å²) in [4.78, 5) is 46.9. The molecule has 9 heteroatoms. The van der Waals surface area contributed by atoms with Gasteiger partial charge in [-0.15, -0.1) is 0 Å². The fourth-order valence-corrected chi connectivity index (χ4v) is 1.86. The maximum Gasteiger partial charge on any atom is 0.332 e. The van der Waals surface area contributed by atoms with E-state index in [0.29, 0.717) is 0 Å². The lowest BCUT2D eigenvalue weighted by Crippen LogP contribution is -2.62. The van der Waals surface area contributed by atoms with Gasteiger partial charge < -0.3 is 25.8 Å². The summed E-state index contributed by atoms with van der Waals surface area (Å²) in [6.07, 6.45) is -0.548. The molecule has 112 valence electrons. The third-order valence-corrected chi connectivity index (χ3v) is 2.79. The summed E-state index contributed by atoms with van der Waals surface area (Å²) in [5, 5.41) is 11.2. The van der Waals surface area contributed by atoms with Crippen molar-refractivity contribution in [1.29, 1.82) is 0 Å². The number of rotatable bonds is 5. The minimum atomic E-state index is -1.56. The third-order valence-electron chi connectivity index (χ3n) is 2.79. The van der Waals surface area contributed by atoms with Gasteiger partial charge in [0.25, 0.3) is 5.91 Å². The number of aliphatic carboxylic acids is 1. The van der Waals surface area contributed by atoms with Crippen molar-refractivity contribution in [2.45, 2.75) is 25.4 Å². The van der Waals surface area contributed by atoms with E-state index in [2.05, 4.69) is 10.1 Å². The van der Waals surface area contributed by atoms with Gasteiger partial charge in [-0.2, -0.15) is 0 Å². The second-order valence-electron chi connectivity index (χ2n) is 4.17. The Labute approximate surface area is 115 Å². The fraction of sp³-hybridized carbons (Fsp3) is 0.636. The van der Waals surface area contributed by atoms with E-state index in [4.69, 9.17) is 10.8 Å². The van der Waals surface area contributed by atoms with Crippen LogP contribution >= 0.6 is 0 Å². The van der Waals surface area contributed by atoms with Crippen LogP contribution in [0.1, 0.15) is 13.3 Å². The molecule has 2 amide bonds. The van der Waals surface area contributed by atoms with Gasteiger partial charge in [0.1, 0.15) is 6.04 Å². The van der Waals surface area contributed by atoms with E-state index in [1.807, 2.05) is 0 Å². The summed E-state index contributed by atoms with van der Waals surface area (Å²) in [6, 6.07) is -2.73. The lowest BCUT2D eigenvalue weighted by molar-refractivity contribution is -0.155. The molecule has 9 nitrogen and oxygen atoms in total. The first-order valence-electron chi connectivity index (χ1n) is 6.10. The van der Waals surface area contributed by atoms with Crippen LogP contribution in [0.25, 0.3) is 0 Å². The molecule has 0 radical (unpaired) electrons. The van der Waals surface area contributed by atoms with Gasteiger partial charge in [0.05, 0.1) is 13.0 Å². The molecule has 1 heterocycles. The first-order chi connectivity index (χ1) is 9.38. The van der Waals surface area contributed by atoms with Gasteiger partial charge in [0, 0.05) is 13.1 Å². The molecule has 0 aromatic heterocycles. The predicted octanol–water partition coefficient (Wildman–Crippen LogP) is -2.32. The molecule has 0 aromatic rings. The molecule has 2 unspecified atom stereocenters. The molecule has 0 aliphatic carbocycles. The Morgan fingerprint density at radius 1 is 1.55 bits per heavy atom. The zero-order valence-electron chi connectivity index (χ0n) is 11.0. The number of piperazine rings is 1. The van der Waals surface area contributed by atoms with Crippen molar-refractivity contribution in [3.05, 3.63) is 0 Å². The number of ether oxygens (including phenoxy) is 1. The van der Waals surface area contributed by atoms with Crippen molar-refractivity contribution >= 4 is 23.8 Å². The lowest BCUT2D eigenvalue weighted by Gasteiger charge is -2.35. The molecule has 0 spiro atoms. The zero-order valence-corrected chi connectivity index (χ0v) is 11.0. The van der Waals surface area contributed by atoms with Crippen molar-refractivity contribution in [2.24, 2.45) is 5.73 Å². The molecule has 1 aliphatic heterocycles. The van der Waals surface area contributed by atoms with Gasteiger partial charge in [-0.3, -0.25) is 14.4 Å². The topological polar surface area (TPSA) is 139 Å². The molecule has 4 N–H and O–H groups in total. The average Bonchev–Trinajstić information content (AvgIpc) is 2.39. The van der Waals surface area contributed by atoms with Crippen LogP contribution < -0.4 is 11.1 Å².